The lowest BCUT2D eigenvalue weighted by atomic mass is 10.0. The highest BCUT2D eigenvalue weighted by molar-refractivity contribution is 5.78. The highest BCUT2D eigenvalue weighted by Crippen LogP contribution is 2.15. The highest BCUT2D eigenvalue weighted by atomic mass is 16.3. The zero-order valence-electron chi connectivity index (χ0n) is 16.6. The number of carbonyl (C=O) groups is 1. The Morgan fingerprint density at radius 1 is 0.964 bits per heavy atom. The van der Waals surface area contributed by atoms with Gasteiger partial charge in [-0.3, -0.25) is 9.69 Å². The first-order valence-electron chi connectivity index (χ1n) is 9.81. The van der Waals surface area contributed by atoms with Crippen LogP contribution in [0.4, 0.5) is 0 Å². The monoisotopic (exact) mass is 376 g/mol. The first kappa shape index (κ1) is 19.9. The van der Waals surface area contributed by atoms with Gasteiger partial charge in [-0.15, -0.1) is 0 Å². The molecular formula is C24H28N2O2. The lowest BCUT2D eigenvalue weighted by Crippen LogP contribution is -2.37. The Morgan fingerprint density at radius 3 is 2.36 bits per heavy atom. The zero-order valence-corrected chi connectivity index (χ0v) is 16.6. The van der Waals surface area contributed by atoms with Crippen LogP contribution >= 0.6 is 0 Å². The molecule has 0 saturated heterocycles. The van der Waals surface area contributed by atoms with E-state index < -0.39 is 0 Å². The van der Waals surface area contributed by atoms with Gasteiger partial charge in [0.15, 0.2) is 0 Å². The van der Waals surface area contributed by atoms with Gasteiger partial charge < -0.3 is 9.73 Å². The van der Waals surface area contributed by atoms with E-state index in [1.54, 1.807) is 6.26 Å². The van der Waals surface area contributed by atoms with E-state index in [0.717, 1.165) is 17.7 Å². The van der Waals surface area contributed by atoms with E-state index in [9.17, 15) is 4.79 Å². The van der Waals surface area contributed by atoms with Crippen LogP contribution in [0.1, 0.15) is 42.3 Å². The van der Waals surface area contributed by atoms with Gasteiger partial charge in [0.2, 0.25) is 5.91 Å². The van der Waals surface area contributed by atoms with Crippen molar-refractivity contribution in [3.8, 4) is 0 Å². The average Bonchev–Trinajstić information content (AvgIpc) is 3.21. The maximum atomic E-state index is 12.7. The number of carbonyl (C=O) groups excluding carboxylic acids is 1. The van der Waals surface area contributed by atoms with Crippen LogP contribution in [0.25, 0.3) is 0 Å². The Bertz CT molecular complexity index is 842. The summed E-state index contributed by atoms with van der Waals surface area (Å²) in [6.45, 7) is 5.75. The molecule has 0 aliphatic carbocycles. The number of rotatable bonds is 9. The summed E-state index contributed by atoms with van der Waals surface area (Å²) in [4.78, 5) is 14.8. The normalized spacial score (nSPS) is 12.1. The second kappa shape index (κ2) is 9.90. The van der Waals surface area contributed by atoms with Crippen molar-refractivity contribution in [1.29, 1.82) is 0 Å². The van der Waals surface area contributed by atoms with E-state index in [2.05, 4.69) is 53.5 Å². The average molecular weight is 377 g/mol. The zero-order chi connectivity index (χ0) is 19.8. The molecule has 0 saturated carbocycles. The maximum absolute atomic E-state index is 12.7. The quantitative estimate of drug-likeness (QED) is 0.588. The Labute approximate surface area is 167 Å². The summed E-state index contributed by atoms with van der Waals surface area (Å²) in [5.74, 6) is 0.862. The molecule has 28 heavy (non-hydrogen) atoms. The van der Waals surface area contributed by atoms with Crippen LogP contribution < -0.4 is 5.32 Å². The lowest BCUT2D eigenvalue weighted by molar-refractivity contribution is -0.123. The summed E-state index contributed by atoms with van der Waals surface area (Å²) in [6.07, 6.45) is 2.68. The van der Waals surface area contributed by atoms with Gasteiger partial charge in [0.25, 0.3) is 0 Å². The van der Waals surface area contributed by atoms with Crippen LogP contribution in [-0.2, 0) is 24.3 Å². The fourth-order valence-corrected chi connectivity index (χ4v) is 3.25. The number of hydrogen-bond acceptors (Lipinski definition) is 3. The fourth-order valence-electron chi connectivity index (χ4n) is 3.25. The van der Waals surface area contributed by atoms with Gasteiger partial charge in [0.1, 0.15) is 5.76 Å². The van der Waals surface area contributed by atoms with Gasteiger partial charge >= 0.3 is 0 Å². The predicted octanol–water partition coefficient (Wildman–Crippen LogP) is 4.72. The molecule has 1 atom stereocenters. The van der Waals surface area contributed by atoms with Gasteiger partial charge in [-0.2, -0.15) is 0 Å². The number of amides is 1. The summed E-state index contributed by atoms with van der Waals surface area (Å²) in [6, 6.07) is 22.4. The molecule has 0 aliphatic rings. The van der Waals surface area contributed by atoms with Crippen molar-refractivity contribution >= 4 is 5.91 Å². The standard InChI is InChI=1S/C24H28N2O2/c1-3-20-11-13-22(14-12-20)19(2)25-24(27)18-26(17-23-10-7-15-28-23)16-21-8-5-4-6-9-21/h4-15,19H,3,16-18H2,1-2H3,(H,25,27). The molecular weight excluding hydrogens is 348 g/mol. The molecule has 1 aromatic heterocycles. The highest BCUT2D eigenvalue weighted by Gasteiger charge is 2.16. The Balaban J connectivity index is 1.62. The second-order valence-corrected chi connectivity index (χ2v) is 7.09. The summed E-state index contributed by atoms with van der Waals surface area (Å²) >= 11 is 0. The van der Waals surface area contributed by atoms with Crippen molar-refractivity contribution in [2.75, 3.05) is 6.54 Å². The molecule has 1 N–H and O–H groups in total. The first-order chi connectivity index (χ1) is 13.6. The number of furan rings is 1. The van der Waals surface area contributed by atoms with Gasteiger partial charge in [0.05, 0.1) is 25.4 Å². The molecule has 0 fully saturated rings. The van der Waals surface area contributed by atoms with Crippen molar-refractivity contribution in [2.24, 2.45) is 0 Å². The molecule has 0 bridgehead atoms. The largest absolute Gasteiger partial charge is 0.468 e. The molecule has 1 amide bonds. The summed E-state index contributed by atoms with van der Waals surface area (Å²) < 4.78 is 5.48. The van der Waals surface area contributed by atoms with E-state index in [0.29, 0.717) is 19.6 Å². The Morgan fingerprint density at radius 2 is 1.71 bits per heavy atom. The molecule has 1 unspecified atom stereocenters. The minimum Gasteiger partial charge on any atom is -0.468 e. The van der Waals surface area contributed by atoms with E-state index in [1.807, 2.05) is 37.3 Å². The van der Waals surface area contributed by atoms with Crippen LogP contribution in [0.2, 0.25) is 0 Å². The van der Waals surface area contributed by atoms with Crippen molar-refractivity contribution in [1.82, 2.24) is 10.2 Å². The third-order valence-electron chi connectivity index (χ3n) is 4.84. The Kier molecular flexibility index (Phi) is 7.04. The van der Waals surface area contributed by atoms with Crippen LogP contribution in [-0.4, -0.2) is 17.4 Å². The predicted molar refractivity (Wildman–Crippen MR) is 112 cm³/mol. The fraction of sp³-hybridized carbons (Fsp3) is 0.292. The molecule has 2 aromatic carbocycles. The van der Waals surface area contributed by atoms with Crippen LogP contribution in [0, 0.1) is 0 Å². The Hall–Kier alpha value is -2.85. The SMILES string of the molecule is CCc1ccc(C(C)NC(=O)CN(Cc2ccccc2)Cc2ccco2)cc1. The molecule has 0 spiro atoms. The number of nitrogens with zero attached hydrogens (tertiary/aromatic N) is 1. The van der Waals surface area contributed by atoms with E-state index in [-0.39, 0.29) is 11.9 Å². The third kappa shape index (κ3) is 5.83. The van der Waals surface area contributed by atoms with Gasteiger partial charge in [-0.25, -0.2) is 0 Å². The van der Waals surface area contributed by atoms with Crippen LogP contribution in [0.3, 0.4) is 0 Å². The maximum Gasteiger partial charge on any atom is 0.234 e. The van der Waals surface area contributed by atoms with Gasteiger partial charge in [-0.1, -0.05) is 61.5 Å². The first-order valence-corrected chi connectivity index (χ1v) is 9.81. The molecule has 146 valence electrons. The van der Waals surface area contributed by atoms with Crippen molar-refractivity contribution in [2.45, 2.75) is 39.4 Å². The minimum absolute atomic E-state index is 0.00885. The summed E-state index contributed by atoms with van der Waals surface area (Å²) in [5.41, 5.74) is 3.59. The van der Waals surface area contributed by atoms with E-state index >= 15 is 0 Å². The molecule has 4 heteroatoms. The van der Waals surface area contributed by atoms with Crippen molar-refractivity contribution in [3.63, 3.8) is 0 Å². The molecule has 1 heterocycles. The van der Waals surface area contributed by atoms with Crippen LogP contribution in [0.5, 0.6) is 0 Å². The third-order valence-corrected chi connectivity index (χ3v) is 4.84. The molecule has 0 radical (unpaired) electrons. The molecule has 3 aromatic rings. The minimum atomic E-state index is -0.0272. The summed E-state index contributed by atoms with van der Waals surface area (Å²) in [7, 11) is 0. The van der Waals surface area contributed by atoms with Crippen molar-refractivity contribution < 1.29 is 9.21 Å². The van der Waals surface area contributed by atoms with Crippen LogP contribution in [0.15, 0.2) is 77.4 Å². The number of hydrogen-bond donors (Lipinski definition) is 1. The molecule has 0 aliphatic heterocycles. The van der Waals surface area contributed by atoms with E-state index in [4.69, 9.17) is 4.42 Å². The molecule has 3 rings (SSSR count). The number of aryl methyl sites for hydroxylation is 1. The smallest absolute Gasteiger partial charge is 0.234 e. The number of nitrogens with one attached hydrogen (secondary N) is 1. The van der Waals surface area contributed by atoms with Crippen molar-refractivity contribution in [3.05, 3.63) is 95.4 Å². The second-order valence-electron chi connectivity index (χ2n) is 7.09. The topological polar surface area (TPSA) is 45.5 Å². The van der Waals surface area contributed by atoms with Gasteiger partial charge in [0, 0.05) is 6.54 Å². The lowest BCUT2D eigenvalue weighted by Gasteiger charge is -2.22. The molecule has 4 nitrogen and oxygen atoms in total. The van der Waals surface area contributed by atoms with Gasteiger partial charge in [-0.05, 0) is 42.2 Å². The summed E-state index contributed by atoms with van der Waals surface area (Å²) in [5, 5.41) is 3.12. The number of benzene rings is 2. The van der Waals surface area contributed by atoms with E-state index in [1.165, 1.54) is 11.1 Å².